The van der Waals surface area contributed by atoms with Gasteiger partial charge < -0.3 is 10.0 Å². The number of pyridine rings is 1. The standard InChI is InChI=1S/C12H18N2O2/c1-3-4-7-14(2)12(16)10-5-6-13-11(8-10)9-15/h5-6,8,15H,3-4,7,9H2,1-2H3. The molecule has 88 valence electrons. The van der Waals surface area contributed by atoms with Crippen LogP contribution in [-0.4, -0.2) is 34.5 Å². The summed E-state index contributed by atoms with van der Waals surface area (Å²) in [7, 11) is 1.79. The molecule has 0 unspecified atom stereocenters. The number of carbonyl (C=O) groups excluding carboxylic acids is 1. The van der Waals surface area contributed by atoms with E-state index in [2.05, 4.69) is 11.9 Å². The second-order valence-corrected chi connectivity index (χ2v) is 3.77. The van der Waals surface area contributed by atoms with Crippen LogP contribution in [0.5, 0.6) is 0 Å². The number of aliphatic hydroxyl groups is 1. The molecule has 1 N–H and O–H groups in total. The van der Waals surface area contributed by atoms with E-state index >= 15 is 0 Å². The molecule has 1 rings (SSSR count). The Balaban J connectivity index is 2.71. The molecule has 16 heavy (non-hydrogen) atoms. The average molecular weight is 222 g/mol. The van der Waals surface area contributed by atoms with Crippen LogP contribution in [0.25, 0.3) is 0 Å². The fourth-order valence-electron chi connectivity index (χ4n) is 1.41. The van der Waals surface area contributed by atoms with Crippen molar-refractivity contribution in [2.75, 3.05) is 13.6 Å². The Labute approximate surface area is 95.9 Å². The highest BCUT2D eigenvalue weighted by molar-refractivity contribution is 5.94. The van der Waals surface area contributed by atoms with Crippen molar-refractivity contribution < 1.29 is 9.90 Å². The number of hydrogen-bond acceptors (Lipinski definition) is 3. The molecule has 1 amide bonds. The molecule has 0 aromatic carbocycles. The van der Waals surface area contributed by atoms with Crippen molar-refractivity contribution in [3.05, 3.63) is 29.6 Å². The van der Waals surface area contributed by atoms with Gasteiger partial charge in [0.25, 0.3) is 5.91 Å². The Morgan fingerprint density at radius 2 is 2.31 bits per heavy atom. The highest BCUT2D eigenvalue weighted by Gasteiger charge is 2.11. The number of carbonyl (C=O) groups is 1. The van der Waals surface area contributed by atoms with E-state index in [0.29, 0.717) is 11.3 Å². The number of aliphatic hydroxyl groups excluding tert-OH is 1. The minimum Gasteiger partial charge on any atom is -0.390 e. The minimum atomic E-state index is -0.139. The summed E-state index contributed by atoms with van der Waals surface area (Å²) in [6.45, 7) is 2.71. The fourth-order valence-corrected chi connectivity index (χ4v) is 1.41. The zero-order valence-electron chi connectivity index (χ0n) is 9.81. The number of rotatable bonds is 5. The van der Waals surface area contributed by atoms with Crippen molar-refractivity contribution in [3.63, 3.8) is 0 Å². The van der Waals surface area contributed by atoms with Gasteiger partial charge in [0.1, 0.15) is 0 Å². The van der Waals surface area contributed by atoms with Crippen LogP contribution in [0.4, 0.5) is 0 Å². The molecule has 0 saturated heterocycles. The van der Waals surface area contributed by atoms with Crippen molar-refractivity contribution in [3.8, 4) is 0 Å². The number of nitrogens with zero attached hydrogens (tertiary/aromatic N) is 2. The van der Waals surface area contributed by atoms with Crippen LogP contribution in [0.2, 0.25) is 0 Å². The Morgan fingerprint density at radius 1 is 1.56 bits per heavy atom. The summed E-state index contributed by atoms with van der Waals surface area (Å²) in [5.74, 6) is -0.0226. The SMILES string of the molecule is CCCCN(C)C(=O)c1ccnc(CO)c1. The van der Waals surface area contributed by atoms with Crippen LogP contribution in [0.15, 0.2) is 18.3 Å². The lowest BCUT2D eigenvalue weighted by Gasteiger charge is -2.16. The van der Waals surface area contributed by atoms with Gasteiger partial charge in [0, 0.05) is 25.4 Å². The maximum Gasteiger partial charge on any atom is 0.253 e. The van der Waals surface area contributed by atoms with Gasteiger partial charge in [-0.25, -0.2) is 0 Å². The Morgan fingerprint density at radius 3 is 2.94 bits per heavy atom. The molecule has 0 aliphatic carbocycles. The van der Waals surface area contributed by atoms with Crippen LogP contribution < -0.4 is 0 Å². The first-order chi connectivity index (χ1) is 7.69. The second-order valence-electron chi connectivity index (χ2n) is 3.77. The molecule has 0 fully saturated rings. The summed E-state index contributed by atoms with van der Waals surface area (Å²) in [5.41, 5.74) is 1.10. The molecule has 1 aromatic heterocycles. The van der Waals surface area contributed by atoms with E-state index in [1.165, 1.54) is 0 Å². The van der Waals surface area contributed by atoms with Gasteiger partial charge >= 0.3 is 0 Å². The Kier molecular flexibility index (Phi) is 4.92. The highest BCUT2D eigenvalue weighted by Crippen LogP contribution is 2.06. The van der Waals surface area contributed by atoms with Crippen LogP contribution in [-0.2, 0) is 6.61 Å². The van der Waals surface area contributed by atoms with Gasteiger partial charge in [0.05, 0.1) is 12.3 Å². The maximum atomic E-state index is 11.9. The van der Waals surface area contributed by atoms with Crippen LogP contribution in [0, 0.1) is 0 Å². The van der Waals surface area contributed by atoms with Gasteiger partial charge in [0.2, 0.25) is 0 Å². The van der Waals surface area contributed by atoms with Gasteiger partial charge in [-0.1, -0.05) is 13.3 Å². The van der Waals surface area contributed by atoms with E-state index in [-0.39, 0.29) is 12.5 Å². The first-order valence-electron chi connectivity index (χ1n) is 5.50. The van der Waals surface area contributed by atoms with Crippen LogP contribution in [0.1, 0.15) is 35.8 Å². The van der Waals surface area contributed by atoms with E-state index in [1.807, 2.05) is 0 Å². The molecule has 1 aromatic rings. The number of unbranched alkanes of at least 4 members (excludes halogenated alkanes) is 1. The molecule has 0 atom stereocenters. The molecule has 0 radical (unpaired) electrons. The van der Waals surface area contributed by atoms with Crippen molar-refractivity contribution in [1.82, 2.24) is 9.88 Å². The summed E-state index contributed by atoms with van der Waals surface area (Å²) < 4.78 is 0. The lowest BCUT2D eigenvalue weighted by molar-refractivity contribution is 0.0793. The normalized spacial score (nSPS) is 10.2. The van der Waals surface area contributed by atoms with E-state index < -0.39 is 0 Å². The van der Waals surface area contributed by atoms with E-state index in [1.54, 1.807) is 30.3 Å². The Bertz CT molecular complexity index is 353. The predicted molar refractivity (Wildman–Crippen MR) is 62.0 cm³/mol. The number of amides is 1. The molecular weight excluding hydrogens is 204 g/mol. The quantitative estimate of drug-likeness (QED) is 0.820. The summed E-state index contributed by atoms with van der Waals surface area (Å²) >= 11 is 0. The molecule has 0 spiro atoms. The third-order valence-electron chi connectivity index (χ3n) is 2.42. The smallest absolute Gasteiger partial charge is 0.253 e. The number of aromatic nitrogens is 1. The lowest BCUT2D eigenvalue weighted by atomic mass is 10.2. The lowest BCUT2D eigenvalue weighted by Crippen LogP contribution is -2.27. The summed E-state index contributed by atoms with van der Waals surface area (Å²) in [6.07, 6.45) is 3.61. The van der Waals surface area contributed by atoms with Crippen LogP contribution in [0.3, 0.4) is 0 Å². The molecule has 4 nitrogen and oxygen atoms in total. The second kappa shape index (κ2) is 6.23. The van der Waals surface area contributed by atoms with Crippen molar-refractivity contribution in [2.24, 2.45) is 0 Å². The monoisotopic (exact) mass is 222 g/mol. The zero-order chi connectivity index (χ0) is 12.0. The largest absolute Gasteiger partial charge is 0.390 e. The Hall–Kier alpha value is -1.42. The first-order valence-corrected chi connectivity index (χ1v) is 5.50. The van der Waals surface area contributed by atoms with E-state index in [4.69, 9.17) is 5.11 Å². The van der Waals surface area contributed by atoms with Gasteiger partial charge in [0.15, 0.2) is 0 Å². The molecule has 4 heteroatoms. The van der Waals surface area contributed by atoms with Crippen molar-refractivity contribution >= 4 is 5.91 Å². The van der Waals surface area contributed by atoms with Gasteiger partial charge in [-0.15, -0.1) is 0 Å². The van der Waals surface area contributed by atoms with Crippen LogP contribution >= 0.6 is 0 Å². The minimum absolute atomic E-state index is 0.0226. The fraction of sp³-hybridized carbons (Fsp3) is 0.500. The van der Waals surface area contributed by atoms with Gasteiger partial charge in [-0.05, 0) is 18.6 Å². The highest BCUT2D eigenvalue weighted by atomic mass is 16.3. The predicted octanol–water partition coefficient (Wildman–Crippen LogP) is 1.45. The number of hydrogen-bond donors (Lipinski definition) is 1. The third kappa shape index (κ3) is 3.31. The molecule has 0 aliphatic rings. The average Bonchev–Trinajstić information content (AvgIpc) is 2.35. The third-order valence-corrected chi connectivity index (χ3v) is 2.42. The maximum absolute atomic E-state index is 11.9. The topological polar surface area (TPSA) is 53.4 Å². The molecule has 0 bridgehead atoms. The van der Waals surface area contributed by atoms with Crippen molar-refractivity contribution in [2.45, 2.75) is 26.4 Å². The van der Waals surface area contributed by atoms with E-state index in [0.717, 1.165) is 19.4 Å². The summed E-state index contributed by atoms with van der Waals surface area (Å²) in [5, 5.41) is 8.94. The van der Waals surface area contributed by atoms with Gasteiger partial charge in [-0.3, -0.25) is 9.78 Å². The van der Waals surface area contributed by atoms with Crippen molar-refractivity contribution in [1.29, 1.82) is 0 Å². The van der Waals surface area contributed by atoms with Gasteiger partial charge in [-0.2, -0.15) is 0 Å². The molecular formula is C12H18N2O2. The van der Waals surface area contributed by atoms with E-state index in [9.17, 15) is 4.79 Å². The molecule has 1 heterocycles. The molecule has 0 saturated carbocycles. The molecule has 0 aliphatic heterocycles. The summed E-state index contributed by atoms with van der Waals surface area (Å²) in [4.78, 5) is 17.6. The first kappa shape index (κ1) is 12.6. The zero-order valence-corrected chi connectivity index (χ0v) is 9.81. The summed E-state index contributed by atoms with van der Waals surface area (Å²) in [6, 6.07) is 3.30.